The molecule has 0 aliphatic carbocycles. The smallest absolute Gasteiger partial charge is 0.227 e. The van der Waals surface area contributed by atoms with E-state index < -0.39 is 0 Å². The van der Waals surface area contributed by atoms with Crippen LogP contribution in [0, 0.1) is 11.3 Å². The lowest BCUT2D eigenvalue weighted by Crippen LogP contribution is -2.46. The molecule has 5 heteroatoms. The second-order valence-corrected chi connectivity index (χ2v) is 8.23. The highest BCUT2D eigenvalue weighted by molar-refractivity contribution is 5.83. The van der Waals surface area contributed by atoms with Gasteiger partial charge in [-0.15, -0.1) is 0 Å². The minimum absolute atomic E-state index is 0.0424. The minimum Gasteiger partial charge on any atom is -0.459 e. The number of likely N-dealkylation sites (tertiary alicyclic amines) is 1. The van der Waals surface area contributed by atoms with Crippen molar-refractivity contribution in [2.45, 2.75) is 46.6 Å². The van der Waals surface area contributed by atoms with Gasteiger partial charge in [-0.2, -0.15) is 0 Å². The van der Waals surface area contributed by atoms with Crippen LogP contribution < -0.4 is 5.32 Å². The van der Waals surface area contributed by atoms with Gasteiger partial charge in [-0.25, -0.2) is 0 Å². The Morgan fingerprint density at radius 1 is 1.19 bits per heavy atom. The molecule has 5 nitrogen and oxygen atoms in total. The first-order valence-electron chi connectivity index (χ1n) is 9.34. The number of nitrogens with zero attached hydrogens (tertiary/aromatic N) is 1. The maximum atomic E-state index is 12.6. The zero-order valence-electron chi connectivity index (χ0n) is 16.0. The SMILES string of the molecule is CC(NC(=O)C1CCN(C(=O)C(C)(C)C)CC1)c1cc2ccccc2o1. The average Bonchev–Trinajstić information content (AvgIpc) is 3.04. The number of para-hydroxylation sites is 1. The molecule has 2 aromatic rings. The van der Waals surface area contributed by atoms with Crippen molar-refractivity contribution in [1.29, 1.82) is 0 Å². The number of furan rings is 1. The van der Waals surface area contributed by atoms with Crippen LogP contribution in [0.2, 0.25) is 0 Å². The summed E-state index contributed by atoms with van der Waals surface area (Å²) in [4.78, 5) is 26.9. The van der Waals surface area contributed by atoms with E-state index in [2.05, 4.69) is 5.32 Å². The van der Waals surface area contributed by atoms with Crippen LogP contribution in [0.25, 0.3) is 11.0 Å². The molecule has 2 amide bonds. The van der Waals surface area contributed by atoms with Crippen LogP contribution in [0.5, 0.6) is 0 Å². The van der Waals surface area contributed by atoms with Gasteiger partial charge in [0, 0.05) is 29.8 Å². The normalized spacial score (nSPS) is 17.3. The average molecular weight is 356 g/mol. The van der Waals surface area contributed by atoms with Crippen molar-refractivity contribution in [3.63, 3.8) is 0 Å². The molecule has 1 aromatic carbocycles. The summed E-state index contributed by atoms with van der Waals surface area (Å²) in [7, 11) is 0. The Balaban J connectivity index is 1.56. The Bertz CT molecular complexity index is 762. The number of rotatable bonds is 3. The van der Waals surface area contributed by atoms with Crippen molar-refractivity contribution >= 4 is 22.8 Å². The van der Waals surface area contributed by atoms with Crippen LogP contribution in [-0.4, -0.2) is 29.8 Å². The number of amides is 2. The van der Waals surface area contributed by atoms with Gasteiger partial charge < -0.3 is 14.6 Å². The van der Waals surface area contributed by atoms with Gasteiger partial charge in [0.2, 0.25) is 11.8 Å². The van der Waals surface area contributed by atoms with E-state index in [1.807, 2.05) is 62.9 Å². The number of carbonyl (C=O) groups excluding carboxylic acids is 2. The number of nitrogens with one attached hydrogen (secondary N) is 1. The van der Waals surface area contributed by atoms with Crippen LogP contribution in [0.4, 0.5) is 0 Å². The number of hydrogen-bond donors (Lipinski definition) is 1. The second kappa shape index (κ2) is 7.14. The van der Waals surface area contributed by atoms with Gasteiger partial charge in [-0.3, -0.25) is 9.59 Å². The first-order valence-corrected chi connectivity index (χ1v) is 9.34. The lowest BCUT2D eigenvalue weighted by molar-refractivity contribution is -0.142. The van der Waals surface area contributed by atoms with Crippen LogP contribution in [-0.2, 0) is 9.59 Å². The van der Waals surface area contributed by atoms with Crippen LogP contribution >= 0.6 is 0 Å². The molecular weight excluding hydrogens is 328 g/mol. The maximum Gasteiger partial charge on any atom is 0.227 e. The molecule has 1 saturated heterocycles. The largest absolute Gasteiger partial charge is 0.459 e. The van der Waals surface area contributed by atoms with Gasteiger partial charge in [-0.05, 0) is 31.9 Å². The van der Waals surface area contributed by atoms with E-state index in [1.54, 1.807) is 0 Å². The van der Waals surface area contributed by atoms with Crippen molar-refractivity contribution in [3.05, 3.63) is 36.1 Å². The highest BCUT2D eigenvalue weighted by Gasteiger charge is 2.32. The van der Waals surface area contributed by atoms with Gasteiger partial charge in [0.15, 0.2) is 0 Å². The van der Waals surface area contributed by atoms with Crippen molar-refractivity contribution < 1.29 is 14.0 Å². The third kappa shape index (κ3) is 3.92. The minimum atomic E-state index is -0.370. The lowest BCUT2D eigenvalue weighted by atomic mass is 9.90. The summed E-state index contributed by atoms with van der Waals surface area (Å²) in [6.07, 6.45) is 1.42. The van der Waals surface area contributed by atoms with Crippen molar-refractivity contribution in [1.82, 2.24) is 10.2 Å². The number of piperidine rings is 1. The van der Waals surface area contributed by atoms with Crippen LogP contribution in [0.1, 0.15) is 52.3 Å². The number of hydrogen-bond acceptors (Lipinski definition) is 3. The highest BCUT2D eigenvalue weighted by atomic mass is 16.3. The van der Waals surface area contributed by atoms with Crippen molar-refractivity contribution in [3.8, 4) is 0 Å². The van der Waals surface area contributed by atoms with Gasteiger partial charge >= 0.3 is 0 Å². The zero-order valence-corrected chi connectivity index (χ0v) is 16.0. The van der Waals surface area contributed by atoms with E-state index in [9.17, 15) is 9.59 Å². The molecule has 26 heavy (non-hydrogen) atoms. The third-order valence-corrected chi connectivity index (χ3v) is 5.02. The molecule has 140 valence electrons. The lowest BCUT2D eigenvalue weighted by Gasteiger charge is -2.35. The summed E-state index contributed by atoms with van der Waals surface area (Å²) in [6, 6.07) is 9.63. The number of carbonyl (C=O) groups is 2. The van der Waals surface area contributed by atoms with Gasteiger partial charge in [0.25, 0.3) is 0 Å². The topological polar surface area (TPSA) is 62.6 Å². The molecule has 3 rings (SSSR count). The molecule has 1 aliphatic heterocycles. The Kier molecular flexibility index (Phi) is 5.08. The predicted molar refractivity (Wildman–Crippen MR) is 102 cm³/mol. The second-order valence-electron chi connectivity index (χ2n) is 8.23. The molecule has 1 unspecified atom stereocenters. The van der Waals surface area contributed by atoms with Crippen molar-refractivity contribution in [2.24, 2.45) is 11.3 Å². The monoisotopic (exact) mass is 356 g/mol. The Labute approximate surface area is 154 Å². The molecule has 1 N–H and O–H groups in total. The van der Waals surface area contributed by atoms with Crippen LogP contribution in [0.3, 0.4) is 0 Å². The number of benzene rings is 1. The molecule has 1 aliphatic rings. The van der Waals surface area contributed by atoms with Gasteiger partial charge in [0.1, 0.15) is 11.3 Å². The summed E-state index contributed by atoms with van der Waals surface area (Å²) in [5.41, 5.74) is 0.461. The van der Waals surface area contributed by atoms with Crippen LogP contribution in [0.15, 0.2) is 34.7 Å². The summed E-state index contributed by atoms with van der Waals surface area (Å²) in [5.74, 6) is 0.915. The molecule has 1 fully saturated rings. The molecule has 0 radical (unpaired) electrons. The summed E-state index contributed by atoms with van der Waals surface area (Å²) >= 11 is 0. The van der Waals surface area contributed by atoms with Gasteiger partial charge in [-0.1, -0.05) is 39.0 Å². The van der Waals surface area contributed by atoms with E-state index in [4.69, 9.17) is 4.42 Å². The van der Waals surface area contributed by atoms with Gasteiger partial charge in [0.05, 0.1) is 6.04 Å². The third-order valence-electron chi connectivity index (χ3n) is 5.02. The molecular formula is C21H28N2O3. The zero-order chi connectivity index (χ0) is 18.9. The fourth-order valence-electron chi connectivity index (χ4n) is 3.44. The van der Waals surface area contributed by atoms with E-state index >= 15 is 0 Å². The summed E-state index contributed by atoms with van der Waals surface area (Å²) in [6.45, 7) is 9.03. The quantitative estimate of drug-likeness (QED) is 0.907. The first-order chi connectivity index (χ1) is 12.3. The number of fused-ring (bicyclic) bond motifs is 1. The van der Waals surface area contributed by atoms with E-state index in [0.29, 0.717) is 25.9 Å². The fraction of sp³-hybridized carbons (Fsp3) is 0.524. The van der Waals surface area contributed by atoms with E-state index in [1.165, 1.54) is 0 Å². The summed E-state index contributed by atoms with van der Waals surface area (Å²) < 4.78 is 5.84. The fourth-order valence-corrected chi connectivity index (χ4v) is 3.44. The molecule has 1 atom stereocenters. The molecule has 0 spiro atoms. The Hall–Kier alpha value is -2.30. The molecule has 2 heterocycles. The molecule has 0 saturated carbocycles. The molecule has 1 aromatic heterocycles. The highest BCUT2D eigenvalue weighted by Crippen LogP contribution is 2.26. The van der Waals surface area contributed by atoms with E-state index in [0.717, 1.165) is 16.7 Å². The molecule has 0 bridgehead atoms. The maximum absolute atomic E-state index is 12.6. The Morgan fingerprint density at radius 3 is 2.46 bits per heavy atom. The Morgan fingerprint density at radius 2 is 1.85 bits per heavy atom. The predicted octanol–water partition coefficient (Wildman–Crippen LogP) is 3.89. The summed E-state index contributed by atoms with van der Waals surface area (Å²) in [5, 5.41) is 4.10. The first kappa shape index (κ1) is 18.5. The van der Waals surface area contributed by atoms with Crippen molar-refractivity contribution in [2.75, 3.05) is 13.1 Å². The van der Waals surface area contributed by atoms with E-state index in [-0.39, 0.29) is 29.2 Å². The standard InChI is InChI=1S/C21H28N2O3/c1-14(18-13-16-7-5-6-8-17(16)26-18)22-19(24)15-9-11-23(12-10-15)20(25)21(2,3)4/h5-8,13-15H,9-12H2,1-4H3,(H,22,24).